The summed E-state index contributed by atoms with van der Waals surface area (Å²) in [5.41, 5.74) is 2.07. The number of carbonyl (C=O) groups excluding carboxylic acids is 1. The first-order chi connectivity index (χ1) is 11.1. The smallest absolute Gasteiger partial charge is 0.315 e. The number of hydrogen-bond acceptors (Lipinski definition) is 2. The Morgan fingerprint density at radius 2 is 1.43 bits per heavy atom. The van der Waals surface area contributed by atoms with E-state index in [1.807, 2.05) is 55.5 Å². The second kappa shape index (κ2) is 8.34. The van der Waals surface area contributed by atoms with Crippen LogP contribution >= 0.6 is 0 Å². The van der Waals surface area contributed by atoms with E-state index < -0.39 is 6.04 Å². The van der Waals surface area contributed by atoms with Crippen molar-refractivity contribution in [3.63, 3.8) is 0 Å². The van der Waals surface area contributed by atoms with E-state index in [0.29, 0.717) is 0 Å². The van der Waals surface area contributed by atoms with Gasteiger partial charge in [-0.25, -0.2) is 4.79 Å². The van der Waals surface area contributed by atoms with Crippen molar-refractivity contribution in [2.75, 3.05) is 6.61 Å². The van der Waals surface area contributed by atoms with Crippen LogP contribution in [-0.4, -0.2) is 23.8 Å². The fourth-order valence-corrected chi connectivity index (χ4v) is 2.50. The number of nitrogens with one attached hydrogen (secondary N) is 2. The summed E-state index contributed by atoms with van der Waals surface area (Å²) in [5, 5.41) is 15.3. The van der Waals surface area contributed by atoms with Crippen molar-refractivity contribution < 1.29 is 9.90 Å². The normalized spacial score (nSPS) is 14.6. The highest BCUT2D eigenvalue weighted by molar-refractivity contribution is 5.74. The molecule has 0 aromatic heterocycles. The van der Waals surface area contributed by atoms with Crippen LogP contribution < -0.4 is 10.6 Å². The Kier molecular flexibility index (Phi) is 6.18. The topological polar surface area (TPSA) is 61.4 Å². The first-order valence-corrected chi connectivity index (χ1v) is 7.89. The molecular formula is C19H24N2O2. The zero-order chi connectivity index (χ0) is 16.7. The summed E-state index contributed by atoms with van der Waals surface area (Å²) >= 11 is 0. The van der Waals surface area contributed by atoms with Gasteiger partial charge in [0, 0.05) is 12.0 Å². The number of aliphatic hydroxyl groups is 1. The van der Waals surface area contributed by atoms with Gasteiger partial charge in [0.15, 0.2) is 0 Å². The third kappa shape index (κ3) is 4.83. The number of benzene rings is 2. The van der Waals surface area contributed by atoms with Gasteiger partial charge in [-0.05, 0) is 18.1 Å². The summed E-state index contributed by atoms with van der Waals surface area (Å²) in [6.07, 6.45) is 0. The van der Waals surface area contributed by atoms with E-state index in [9.17, 15) is 9.90 Å². The summed E-state index contributed by atoms with van der Waals surface area (Å²) in [7, 11) is 0. The van der Waals surface area contributed by atoms with Gasteiger partial charge in [0.05, 0.1) is 12.6 Å². The van der Waals surface area contributed by atoms with Gasteiger partial charge in [-0.2, -0.15) is 0 Å². The molecule has 0 saturated heterocycles. The quantitative estimate of drug-likeness (QED) is 0.767. The Balaban J connectivity index is 1.93. The largest absolute Gasteiger partial charge is 0.394 e. The summed E-state index contributed by atoms with van der Waals surface area (Å²) in [6, 6.07) is 18.8. The van der Waals surface area contributed by atoms with Crippen molar-refractivity contribution in [1.82, 2.24) is 10.6 Å². The number of hydrogen-bond donors (Lipinski definition) is 3. The number of urea groups is 1. The molecule has 0 saturated carbocycles. The van der Waals surface area contributed by atoms with E-state index >= 15 is 0 Å². The van der Waals surface area contributed by atoms with Crippen LogP contribution in [0, 0.1) is 0 Å². The first kappa shape index (κ1) is 17.0. The lowest BCUT2D eigenvalue weighted by Crippen LogP contribution is -2.44. The highest BCUT2D eigenvalue weighted by atomic mass is 16.3. The summed E-state index contributed by atoms with van der Waals surface area (Å²) in [5.74, 6) is 0.200. The molecule has 2 aromatic rings. The van der Waals surface area contributed by atoms with E-state index in [0.717, 1.165) is 5.56 Å². The molecule has 122 valence electrons. The van der Waals surface area contributed by atoms with Gasteiger partial charge in [-0.3, -0.25) is 0 Å². The lowest BCUT2D eigenvalue weighted by atomic mass is 9.94. The van der Waals surface area contributed by atoms with Crippen molar-refractivity contribution in [3.05, 3.63) is 71.8 Å². The Morgan fingerprint density at radius 1 is 0.913 bits per heavy atom. The molecule has 0 fully saturated rings. The molecule has 0 aliphatic carbocycles. The fourth-order valence-electron chi connectivity index (χ4n) is 2.50. The van der Waals surface area contributed by atoms with E-state index in [-0.39, 0.29) is 24.6 Å². The molecule has 4 heteroatoms. The van der Waals surface area contributed by atoms with Gasteiger partial charge < -0.3 is 15.7 Å². The van der Waals surface area contributed by atoms with Crippen molar-refractivity contribution in [2.24, 2.45) is 0 Å². The third-order valence-electron chi connectivity index (χ3n) is 4.12. The molecule has 0 bridgehead atoms. The molecule has 0 heterocycles. The first-order valence-electron chi connectivity index (χ1n) is 7.89. The predicted octanol–water partition coefficient (Wildman–Crippen LogP) is 3.21. The summed E-state index contributed by atoms with van der Waals surface area (Å²) in [4.78, 5) is 12.2. The lowest BCUT2D eigenvalue weighted by molar-refractivity contribution is 0.213. The van der Waals surface area contributed by atoms with Crippen molar-refractivity contribution in [2.45, 2.75) is 31.8 Å². The molecule has 3 N–H and O–H groups in total. The monoisotopic (exact) mass is 312 g/mol. The molecule has 0 aliphatic heterocycles. The number of rotatable bonds is 6. The minimum atomic E-state index is -0.407. The maximum absolute atomic E-state index is 12.2. The Morgan fingerprint density at radius 3 is 1.96 bits per heavy atom. The van der Waals surface area contributed by atoms with Gasteiger partial charge in [-0.15, -0.1) is 0 Å². The number of aliphatic hydroxyl groups excluding tert-OH is 1. The van der Waals surface area contributed by atoms with Gasteiger partial charge in [0.2, 0.25) is 0 Å². The van der Waals surface area contributed by atoms with Crippen LogP contribution in [0.3, 0.4) is 0 Å². The minimum Gasteiger partial charge on any atom is -0.394 e. The second-order valence-corrected chi connectivity index (χ2v) is 5.75. The predicted molar refractivity (Wildman–Crippen MR) is 92.3 cm³/mol. The molecule has 0 radical (unpaired) electrons. The highest BCUT2D eigenvalue weighted by Gasteiger charge is 2.18. The van der Waals surface area contributed by atoms with Crippen molar-refractivity contribution in [1.29, 1.82) is 0 Å². The van der Waals surface area contributed by atoms with Gasteiger partial charge in [0.1, 0.15) is 0 Å². The van der Waals surface area contributed by atoms with Crippen LogP contribution in [0.15, 0.2) is 60.7 Å². The molecule has 0 spiro atoms. The summed E-state index contributed by atoms with van der Waals surface area (Å²) < 4.78 is 0. The average Bonchev–Trinajstić information content (AvgIpc) is 2.60. The molecule has 4 nitrogen and oxygen atoms in total. The maximum Gasteiger partial charge on any atom is 0.315 e. The van der Waals surface area contributed by atoms with Crippen molar-refractivity contribution >= 4 is 6.03 Å². The molecule has 2 unspecified atom stereocenters. The zero-order valence-electron chi connectivity index (χ0n) is 13.6. The zero-order valence-corrected chi connectivity index (χ0v) is 13.6. The summed E-state index contributed by atoms with van der Waals surface area (Å²) in [6.45, 7) is 3.93. The van der Waals surface area contributed by atoms with Gasteiger partial charge in [0.25, 0.3) is 0 Å². The van der Waals surface area contributed by atoms with Crippen LogP contribution in [0.5, 0.6) is 0 Å². The van der Waals surface area contributed by atoms with Crippen LogP contribution in [0.25, 0.3) is 0 Å². The third-order valence-corrected chi connectivity index (χ3v) is 4.12. The van der Waals surface area contributed by atoms with E-state index in [1.54, 1.807) is 0 Å². The highest BCUT2D eigenvalue weighted by Crippen LogP contribution is 2.18. The van der Waals surface area contributed by atoms with Gasteiger partial charge >= 0.3 is 6.03 Å². The van der Waals surface area contributed by atoms with Crippen LogP contribution in [-0.2, 0) is 0 Å². The van der Waals surface area contributed by atoms with E-state index in [2.05, 4.69) is 29.7 Å². The molecule has 23 heavy (non-hydrogen) atoms. The standard InChI is InChI=1S/C19H24N2O2/c1-14(16-9-5-3-6-10-16)15(2)20-19(23)21-18(13-22)17-11-7-4-8-12-17/h3-12,14-15,18,22H,13H2,1-2H3,(H2,20,21,23)/t14?,15?,18-/m1/s1. The molecule has 3 atom stereocenters. The van der Waals surface area contributed by atoms with E-state index in [1.165, 1.54) is 5.56 Å². The molecule has 2 aromatic carbocycles. The van der Waals surface area contributed by atoms with Gasteiger partial charge in [-0.1, -0.05) is 67.6 Å². The Bertz CT molecular complexity index is 601. The maximum atomic E-state index is 12.2. The fraction of sp³-hybridized carbons (Fsp3) is 0.316. The molecular weight excluding hydrogens is 288 g/mol. The SMILES string of the molecule is CC(NC(=O)N[C@H](CO)c1ccccc1)C(C)c1ccccc1. The van der Waals surface area contributed by atoms with Crippen molar-refractivity contribution in [3.8, 4) is 0 Å². The average molecular weight is 312 g/mol. The van der Waals surface area contributed by atoms with Crippen LogP contribution in [0.2, 0.25) is 0 Å². The molecule has 2 amide bonds. The Labute approximate surface area is 137 Å². The molecule has 0 aliphatic rings. The molecule has 2 rings (SSSR count). The van der Waals surface area contributed by atoms with Crippen LogP contribution in [0.4, 0.5) is 4.79 Å². The Hall–Kier alpha value is -2.33. The minimum absolute atomic E-state index is 0.0208. The van der Waals surface area contributed by atoms with Crippen LogP contribution in [0.1, 0.15) is 36.9 Å². The lowest BCUT2D eigenvalue weighted by Gasteiger charge is -2.24. The van der Waals surface area contributed by atoms with E-state index in [4.69, 9.17) is 0 Å². The number of carbonyl (C=O) groups is 1. The number of amides is 2. The second-order valence-electron chi connectivity index (χ2n) is 5.75.